The molecule has 1 aromatic heterocycles. The van der Waals surface area contributed by atoms with Crippen LogP contribution in [0.4, 0.5) is 0 Å². The molecule has 20 heavy (non-hydrogen) atoms. The minimum atomic E-state index is -3.33. The summed E-state index contributed by atoms with van der Waals surface area (Å²) in [4.78, 5) is 0.419. The van der Waals surface area contributed by atoms with E-state index in [0.717, 1.165) is 25.1 Å². The van der Waals surface area contributed by atoms with E-state index in [-0.39, 0.29) is 0 Å². The Kier molecular flexibility index (Phi) is 4.88. The summed E-state index contributed by atoms with van der Waals surface area (Å²) in [5.41, 5.74) is 0.996. The fourth-order valence-electron chi connectivity index (χ4n) is 2.52. The molecule has 0 aromatic carbocycles. The van der Waals surface area contributed by atoms with Gasteiger partial charge in [-0.05, 0) is 31.4 Å². The molecule has 0 amide bonds. The highest BCUT2D eigenvalue weighted by atomic mass is 32.2. The van der Waals surface area contributed by atoms with E-state index in [1.54, 1.807) is 16.6 Å². The third-order valence-corrected chi connectivity index (χ3v) is 5.88. The molecule has 1 aromatic rings. The Hall–Kier alpha value is -0.850. The Morgan fingerprint density at radius 3 is 2.60 bits per heavy atom. The third-order valence-electron chi connectivity index (χ3n) is 4.02. The molecule has 0 aliphatic carbocycles. The summed E-state index contributed by atoms with van der Waals surface area (Å²) in [6.07, 6.45) is 3.63. The maximum Gasteiger partial charge on any atom is 0.244 e. The number of hydrogen-bond acceptors (Lipinski definition) is 3. The fourth-order valence-corrected chi connectivity index (χ4v) is 4.09. The highest BCUT2D eigenvalue weighted by Gasteiger charge is 2.29. The lowest BCUT2D eigenvalue weighted by atomic mass is 10.0. The standard InChI is InChI=1S/C14H25N3O2S/c1-4-15-10-13-9-14(11-16(13)3)20(18,19)17-7-5-12(2)6-8-17/h9,11-12,15H,4-8,10H2,1-3H3. The zero-order valence-electron chi connectivity index (χ0n) is 12.6. The van der Waals surface area contributed by atoms with E-state index in [9.17, 15) is 8.42 Å². The van der Waals surface area contributed by atoms with Crippen LogP contribution in [0.1, 0.15) is 32.4 Å². The van der Waals surface area contributed by atoms with Crippen molar-refractivity contribution in [3.8, 4) is 0 Å². The highest BCUT2D eigenvalue weighted by molar-refractivity contribution is 7.89. The first-order valence-corrected chi connectivity index (χ1v) is 8.75. The minimum absolute atomic E-state index is 0.419. The lowest BCUT2D eigenvalue weighted by Gasteiger charge is -2.29. The molecule has 2 heterocycles. The Morgan fingerprint density at radius 2 is 2.00 bits per heavy atom. The molecule has 5 nitrogen and oxygen atoms in total. The van der Waals surface area contributed by atoms with Crippen LogP contribution in [0.15, 0.2) is 17.2 Å². The first-order valence-electron chi connectivity index (χ1n) is 7.31. The molecule has 2 rings (SSSR count). The molecule has 1 saturated heterocycles. The van der Waals surface area contributed by atoms with Gasteiger partial charge in [0.2, 0.25) is 10.0 Å². The van der Waals surface area contributed by atoms with Gasteiger partial charge in [0, 0.05) is 38.6 Å². The second-order valence-electron chi connectivity index (χ2n) is 5.64. The maximum atomic E-state index is 12.6. The van der Waals surface area contributed by atoms with E-state index in [4.69, 9.17) is 0 Å². The first-order chi connectivity index (χ1) is 9.45. The summed E-state index contributed by atoms with van der Waals surface area (Å²) >= 11 is 0. The van der Waals surface area contributed by atoms with Gasteiger partial charge in [-0.15, -0.1) is 0 Å². The molecule has 0 bridgehead atoms. The molecule has 0 atom stereocenters. The number of hydrogen-bond donors (Lipinski definition) is 1. The van der Waals surface area contributed by atoms with Gasteiger partial charge in [0.25, 0.3) is 0 Å². The molecule has 0 spiro atoms. The highest BCUT2D eigenvalue weighted by Crippen LogP contribution is 2.24. The van der Waals surface area contributed by atoms with Crippen LogP contribution in [0.5, 0.6) is 0 Å². The van der Waals surface area contributed by atoms with E-state index in [0.29, 0.717) is 30.4 Å². The van der Waals surface area contributed by atoms with Gasteiger partial charge >= 0.3 is 0 Å². The zero-order valence-corrected chi connectivity index (χ0v) is 13.4. The number of rotatable bonds is 5. The molecule has 1 N–H and O–H groups in total. The molecule has 1 aliphatic heterocycles. The number of nitrogens with zero attached hydrogens (tertiary/aromatic N) is 2. The molecule has 0 saturated carbocycles. The monoisotopic (exact) mass is 299 g/mol. The van der Waals surface area contributed by atoms with Crippen molar-refractivity contribution in [1.82, 2.24) is 14.2 Å². The predicted molar refractivity (Wildman–Crippen MR) is 80.0 cm³/mol. The van der Waals surface area contributed by atoms with Crippen molar-refractivity contribution in [1.29, 1.82) is 0 Å². The Bertz CT molecular complexity index is 543. The molecule has 114 valence electrons. The molecule has 1 aliphatic rings. The number of aryl methyl sites for hydroxylation is 1. The van der Waals surface area contributed by atoms with Crippen LogP contribution in [0.3, 0.4) is 0 Å². The number of aromatic nitrogens is 1. The number of piperidine rings is 1. The summed E-state index contributed by atoms with van der Waals surface area (Å²) in [6, 6.07) is 1.79. The predicted octanol–water partition coefficient (Wildman–Crippen LogP) is 1.56. The second-order valence-corrected chi connectivity index (χ2v) is 7.58. The van der Waals surface area contributed by atoms with Gasteiger partial charge in [-0.2, -0.15) is 4.31 Å². The van der Waals surface area contributed by atoms with Gasteiger partial charge < -0.3 is 9.88 Å². The summed E-state index contributed by atoms with van der Waals surface area (Å²) in [5.74, 6) is 0.626. The van der Waals surface area contributed by atoms with Gasteiger partial charge in [0.15, 0.2) is 0 Å². The molecule has 0 radical (unpaired) electrons. The van der Waals surface area contributed by atoms with Crippen LogP contribution < -0.4 is 5.32 Å². The third kappa shape index (κ3) is 3.24. The van der Waals surface area contributed by atoms with Crippen LogP contribution in [0.25, 0.3) is 0 Å². The second kappa shape index (κ2) is 6.28. The van der Waals surface area contributed by atoms with Gasteiger partial charge in [-0.1, -0.05) is 13.8 Å². The SMILES string of the molecule is CCNCc1cc(S(=O)(=O)N2CCC(C)CC2)cn1C. The fraction of sp³-hybridized carbons (Fsp3) is 0.714. The lowest BCUT2D eigenvalue weighted by molar-refractivity contribution is 0.288. The topological polar surface area (TPSA) is 54.3 Å². The van der Waals surface area contributed by atoms with Gasteiger partial charge in [0.05, 0.1) is 0 Å². The largest absolute Gasteiger partial charge is 0.352 e. The van der Waals surface area contributed by atoms with E-state index in [1.165, 1.54) is 0 Å². The van der Waals surface area contributed by atoms with Crippen LogP contribution in [0.2, 0.25) is 0 Å². The normalized spacial score (nSPS) is 18.6. The molecule has 6 heteroatoms. The zero-order chi connectivity index (χ0) is 14.8. The van der Waals surface area contributed by atoms with E-state index in [2.05, 4.69) is 12.2 Å². The van der Waals surface area contributed by atoms with Crippen molar-refractivity contribution >= 4 is 10.0 Å². The number of sulfonamides is 1. The Balaban J connectivity index is 2.17. The van der Waals surface area contributed by atoms with Gasteiger partial charge in [0.1, 0.15) is 4.90 Å². The molecule has 0 unspecified atom stereocenters. The van der Waals surface area contributed by atoms with E-state index in [1.807, 2.05) is 18.5 Å². The summed E-state index contributed by atoms with van der Waals surface area (Å²) in [7, 11) is -1.43. The van der Waals surface area contributed by atoms with Crippen molar-refractivity contribution in [2.24, 2.45) is 13.0 Å². The number of nitrogens with one attached hydrogen (secondary N) is 1. The van der Waals surface area contributed by atoms with Gasteiger partial charge in [-0.25, -0.2) is 8.42 Å². The lowest BCUT2D eigenvalue weighted by Crippen LogP contribution is -2.37. The Labute approximate surface area is 122 Å². The van der Waals surface area contributed by atoms with E-state index >= 15 is 0 Å². The van der Waals surface area contributed by atoms with E-state index < -0.39 is 10.0 Å². The summed E-state index contributed by atoms with van der Waals surface area (Å²) in [5, 5.41) is 3.23. The van der Waals surface area contributed by atoms with Crippen LogP contribution >= 0.6 is 0 Å². The van der Waals surface area contributed by atoms with Crippen LogP contribution in [-0.4, -0.2) is 36.9 Å². The summed E-state index contributed by atoms with van der Waals surface area (Å²) in [6.45, 7) is 7.06. The van der Waals surface area contributed by atoms with Crippen molar-refractivity contribution in [3.63, 3.8) is 0 Å². The van der Waals surface area contributed by atoms with Crippen molar-refractivity contribution < 1.29 is 8.42 Å². The van der Waals surface area contributed by atoms with Crippen LogP contribution in [0, 0.1) is 5.92 Å². The average molecular weight is 299 g/mol. The molecular weight excluding hydrogens is 274 g/mol. The van der Waals surface area contributed by atoms with Crippen LogP contribution in [-0.2, 0) is 23.6 Å². The van der Waals surface area contributed by atoms with Crippen molar-refractivity contribution in [2.45, 2.75) is 38.1 Å². The molecule has 1 fully saturated rings. The van der Waals surface area contributed by atoms with Gasteiger partial charge in [-0.3, -0.25) is 0 Å². The average Bonchev–Trinajstić information content (AvgIpc) is 2.79. The quantitative estimate of drug-likeness (QED) is 0.897. The molecular formula is C14H25N3O2S. The smallest absolute Gasteiger partial charge is 0.244 e. The minimum Gasteiger partial charge on any atom is -0.352 e. The summed E-state index contributed by atoms with van der Waals surface area (Å²) < 4.78 is 28.8. The van der Waals surface area contributed by atoms with Crippen molar-refractivity contribution in [2.75, 3.05) is 19.6 Å². The Morgan fingerprint density at radius 1 is 1.35 bits per heavy atom. The first kappa shape index (κ1) is 15.5. The van der Waals surface area contributed by atoms with Crippen molar-refractivity contribution in [3.05, 3.63) is 18.0 Å². The maximum absolute atomic E-state index is 12.6.